The largest absolute Gasteiger partial charge is 0.494 e. The Bertz CT molecular complexity index is 2710. The lowest BCUT2D eigenvalue weighted by atomic mass is 10.2. The zero-order valence-electron chi connectivity index (χ0n) is 37.2. The maximum Gasteiger partial charge on any atom is 0.298 e. The number of rotatable bonds is 15. The predicted octanol–water partition coefficient (Wildman–Crippen LogP) is 6.86. The molecular weight excluding hydrogens is 777 g/mol. The molecule has 6 aromatic rings. The van der Waals surface area contributed by atoms with Gasteiger partial charge >= 0.3 is 0 Å². The fourth-order valence-corrected chi connectivity index (χ4v) is 8.23. The highest BCUT2D eigenvalue weighted by Gasteiger charge is 2.36. The van der Waals surface area contributed by atoms with E-state index in [9.17, 15) is 9.59 Å². The number of aryl methyl sites for hydroxylation is 6. The Balaban J connectivity index is 1.40. The number of fused-ring (bicyclic) bond motifs is 2. The highest BCUT2D eigenvalue weighted by atomic mass is 28.4. The number of hydrogen-bond donors (Lipinski definition) is 0. The first kappa shape index (κ1) is 43.8. The Hall–Kier alpha value is -5.74. The molecule has 15 nitrogen and oxygen atoms in total. The van der Waals surface area contributed by atoms with Crippen LogP contribution in [0.3, 0.4) is 0 Å². The molecule has 0 fully saturated rings. The molecule has 0 bridgehead atoms. The summed E-state index contributed by atoms with van der Waals surface area (Å²) in [5, 5.41) is 9.07. The van der Waals surface area contributed by atoms with Crippen LogP contribution in [0.15, 0.2) is 70.7 Å². The van der Waals surface area contributed by atoms with E-state index in [-0.39, 0.29) is 16.9 Å². The van der Waals surface area contributed by atoms with Gasteiger partial charge in [-0.1, -0.05) is 45.1 Å². The van der Waals surface area contributed by atoms with Crippen molar-refractivity contribution in [1.82, 2.24) is 37.8 Å². The molecule has 0 unspecified atom stereocenters. The minimum Gasteiger partial charge on any atom is -0.494 e. The maximum absolute atomic E-state index is 13.9. The highest BCUT2D eigenvalue weighted by molar-refractivity contribution is 6.74. The normalized spacial score (nSPS) is 13.1. The third-order valence-corrected chi connectivity index (χ3v) is 15.9. The van der Waals surface area contributed by atoms with Crippen LogP contribution in [0.4, 0.5) is 0 Å². The first-order valence-corrected chi connectivity index (χ1v) is 23.5. The highest BCUT2D eigenvalue weighted by Crippen LogP contribution is 2.36. The van der Waals surface area contributed by atoms with Crippen molar-refractivity contribution in [2.75, 3.05) is 20.3 Å². The molecular formula is C44H60N10O5Si. The molecule has 0 saturated carbocycles. The summed E-state index contributed by atoms with van der Waals surface area (Å²) in [5.74, 6) is 0.559. The van der Waals surface area contributed by atoms with Crippen LogP contribution in [-0.2, 0) is 44.7 Å². The molecule has 0 radical (unpaired) electrons. The summed E-state index contributed by atoms with van der Waals surface area (Å²) >= 11 is 0. The molecule has 320 valence electrons. The zero-order chi connectivity index (χ0) is 43.5. The van der Waals surface area contributed by atoms with Crippen molar-refractivity contribution < 1.29 is 23.5 Å². The first-order chi connectivity index (χ1) is 28.5. The number of nitrogens with zero attached hydrogens (tertiary/aromatic N) is 10. The van der Waals surface area contributed by atoms with Crippen LogP contribution in [0.25, 0.3) is 22.1 Å². The van der Waals surface area contributed by atoms with Crippen molar-refractivity contribution in [3.63, 3.8) is 0 Å². The van der Waals surface area contributed by atoms with Crippen molar-refractivity contribution in [3.05, 3.63) is 94.7 Å². The van der Waals surface area contributed by atoms with Crippen LogP contribution in [0.2, 0.25) is 18.1 Å². The van der Waals surface area contributed by atoms with Gasteiger partial charge in [0.05, 0.1) is 36.1 Å². The molecule has 2 amide bonds. The number of hydrogen-bond acceptors (Lipinski definition) is 7. The van der Waals surface area contributed by atoms with E-state index in [2.05, 4.69) is 49.1 Å². The minimum absolute atomic E-state index is 0.123. The molecule has 0 aliphatic heterocycles. The molecule has 0 saturated heterocycles. The molecule has 0 N–H and O–H groups in total. The Labute approximate surface area is 352 Å². The van der Waals surface area contributed by atoms with Gasteiger partial charge in [-0.3, -0.25) is 19.0 Å². The van der Waals surface area contributed by atoms with Gasteiger partial charge in [-0.05, 0) is 82.2 Å². The van der Waals surface area contributed by atoms with E-state index in [0.717, 1.165) is 39.9 Å². The lowest BCUT2D eigenvalue weighted by molar-refractivity contribution is 0.0977. The van der Waals surface area contributed by atoms with Gasteiger partial charge in [0.2, 0.25) is 11.2 Å². The Morgan fingerprint density at radius 2 is 1.22 bits per heavy atom. The number of aromatic nitrogens is 8. The molecule has 0 aliphatic rings. The molecule has 0 aliphatic carbocycles. The van der Waals surface area contributed by atoms with Gasteiger partial charge in [0, 0.05) is 53.3 Å². The summed E-state index contributed by atoms with van der Waals surface area (Å²) in [5.41, 5.74) is 6.59. The number of para-hydroxylation sites is 2. The molecule has 2 aromatic carbocycles. The van der Waals surface area contributed by atoms with E-state index in [1.54, 1.807) is 28.6 Å². The first-order valence-electron chi connectivity index (χ1n) is 20.6. The second kappa shape index (κ2) is 17.9. The Kier molecular flexibility index (Phi) is 13.0. The van der Waals surface area contributed by atoms with Crippen LogP contribution in [0, 0.1) is 13.8 Å². The van der Waals surface area contributed by atoms with E-state index in [1.165, 1.54) is 0 Å². The third-order valence-electron chi connectivity index (χ3n) is 11.3. The second-order valence-electron chi connectivity index (χ2n) is 16.5. The van der Waals surface area contributed by atoms with Gasteiger partial charge in [0.25, 0.3) is 11.8 Å². The number of benzene rings is 2. The van der Waals surface area contributed by atoms with Crippen LogP contribution >= 0.6 is 0 Å². The van der Waals surface area contributed by atoms with E-state index >= 15 is 0 Å². The topological polar surface area (TPSA) is 142 Å². The van der Waals surface area contributed by atoms with Crippen molar-refractivity contribution in [1.29, 1.82) is 0 Å². The quantitative estimate of drug-likeness (QED) is 0.0625. The van der Waals surface area contributed by atoms with Crippen molar-refractivity contribution in [2.45, 2.75) is 99.2 Å². The number of carbonyl (C=O) groups excluding carboxylic acids is 2. The summed E-state index contributed by atoms with van der Waals surface area (Å²) in [4.78, 5) is 37.0. The summed E-state index contributed by atoms with van der Waals surface area (Å²) in [6.07, 6.45) is 4.77. The lowest BCUT2D eigenvalue weighted by Gasteiger charge is -2.36. The minimum atomic E-state index is -1.89. The number of methoxy groups -OCH3 is 1. The Morgan fingerprint density at radius 3 is 1.67 bits per heavy atom. The molecule has 0 spiro atoms. The monoisotopic (exact) mass is 836 g/mol. The van der Waals surface area contributed by atoms with E-state index < -0.39 is 8.32 Å². The standard InChI is InChI=1S/C44H60N10O5Si/c1-13-53-34(28-30(3)47-53)40(55)45-42-49(8)32-20-17-22-36(57-10)38(32)51(42)24-15-16-25-52-39-33(50(9)43(52)46-41(56)35-29-31(4)48-54(35)14-2)21-18-23-37(39)58-26-19-27-59-60(11,12)44(5,6)7/h15-18,20-23,28-29H,13-14,19,24-27H2,1-12H3/b16-15+,45-42+,46-43+. The van der Waals surface area contributed by atoms with Crippen LogP contribution < -0.4 is 20.7 Å². The van der Waals surface area contributed by atoms with Crippen molar-refractivity contribution in [3.8, 4) is 11.5 Å². The van der Waals surface area contributed by atoms with Gasteiger partial charge in [-0.15, -0.1) is 0 Å². The molecule has 16 heteroatoms. The van der Waals surface area contributed by atoms with Crippen LogP contribution in [0.5, 0.6) is 11.5 Å². The maximum atomic E-state index is 13.9. The lowest BCUT2D eigenvalue weighted by Crippen LogP contribution is -2.41. The fraction of sp³-hybridized carbons (Fsp3) is 0.455. The molecule has 4 heterocycles. The molecule has 60 heavy (non-hydrogen) atoms. The number of ether oxygens (including phenoxy) is 2. The number of carbonyl (C=O) groups is 2. The van der Waals surface area contributed by atoms with Crippen LogP contribution in [0.1, 0.15) is 73.4 Å². The van der Waals surface area contributed by atoms with E-state index in [0.29, 0.717) is 73.5 Å². The van der Waals surface area contributed by atoms with Crippen molar-refractivity contribution in [2.24, 2.45) is 24.1 Å². The predicted molar refractivity (Wildman–Crippen MR) is 236 cm³/mol. The zero-order valence-corrected chi connectivity index (χ0v) is 38.2. The summed E-state index contributed by atoms with van der Waals surface area (Å²) < 4.78 is 29.9. The molecule has 4 aromatic heterocycles. The third kappa shape index (κ3) is 8.75. The van der Waals surface area contributed by atoms with E-state index in [1.807, 2.05) is 109 Å². The van der Waals surface area contributed by atoms with Gasteiger partial charge in [-0.2, -0.15) is 20.2 Å². The average Bonchev–Trinajstić information content (AvgIpc) is 3.94. The number of imidazole rings is 2. The van der Waals surface area contributed by atoms with Gasteiger partial charge in [0.15, 0.2) is 8.32 Å². The molecule has 0 atom stereocenters. The summed E-state index contributed by atoms with van der Waals surface area (Å²) in [6.45, 7) is 21.7. The average molecular weight is 837 g/mol. The smallest absolute Gasteiger partial charge is 0.298 e. The van der Waals surface area contributed by atoms with Crippen LogP contribution in [-0.4, -0.2) is 78.3 Å². The van der Waals surface area contributed by atoms with Gasteiger partial charge < -0.3 is 32.2 Å². The SMILES string of the molecule is CCn1nc(C)cc1C(=O)/N=c1\n(C)c2cccc(OC)c2n1C/C=C/Cn1/c(=N/C(=O)c2cc(C)nn2CC)n(C)c2cccc(OCCCO[Si](C)(C)C(C)(C)C)c21. The summed E-state index contributed by atoms with van der Waals surface area (Å²) in [7, 11) is 3.53. The van der Waals surface area contributed by atoms with Gasteiger partial charge in [-0.25, -0.2) is 0 Å². The molecule has 6 rings (SSSR count). The number of allylic oxidation sites excluding steroid dienone is 2. The summed E-state index contributed by atoms with van der Waals surface area (Å²) in [6, 6.07) is 15.2. The Morgan fingerprint density at radius 1 is 0.750 bits per heavy atom. The van der Waals surface area contributed by atoms with E-state index in [4.69, 9.17) is 18.9 Å². The van der Waals surface area contributed by atoms with Crippen molar-refractivity contribution >= 4 is 42.2 Å². The van der Waals surface area contributed by atoms with Gasteiger partial charge in [0.1, 0.15) is 33.9 Å². The fourth-order valence-electron chi connectivity index (χ4n) is 7.14. The number of amides is 2. The second-order valence-corrected chi connectivity index (χ2v) is 21.3.